The van der Waals surface area contributed by atoms with Crippen molar-refractivity contribution in [2.75, 3.05) is 0 Å². The third-order valence-corrected chi connectivity index (χ3v) is 6.84. The number of fused-ring (bicyclic) bond motifs is 4. The van der Waals surface area contributed by atoms with E-state index in [4.69, 9.17) is 9.40 Å². The van der Waals surface area contributed by atoms with E-state index in [0.717, 1.165) is 27.8 Å². The fourth-order valence-corrected chi connectivity index (χ4v) is 5.18. The van der Waals surface area contributed by atoms with Gasteiger partial charge < -0.3 is 4.42 Å². The van der Waals surface area contributed by atoms with E-state index in [9.17, 15) is 4.39 Å². The maximum Gasteiger partial charge on any atom is 0.149 e. The summed E-state index contributed by atoms with van der Waals surface area (Å²) in [4.78, 5) is 5.11. The lowest BCUT2D eigenvalue weighted by molar-refractivity contribution is 0.634. The summed E-state index contributed by atoms with van der Waals surface area (Å²) in [6.45, 7) is 8.91. The van der Waals surface area contributed by atoms with Gasteiger partial charge in [0.25, 0.3) is 0 Å². The Hall–Kier alpha value is -3.92. The minimum absolute atomic E-state index is 0.279. The number of hydrogen-bond donors (Lipinski definition) is 0. The van der Waals surface area contributed by atoms with Crippen LogP contribution in [0.3, 0.4) is 0 Å². The lowest BCUT2D eigenvalue weighted by Gasteiger charge is -2.22. The molecule has 174 valence electrons. The number of halogens is 1. The fraction of sp³-hybridized carbons (Fsp3) is 0.194. The molecular weight excluding hydrogens is 435 g/mol. The molecule has 6 rings (SSSR count). The molecule has 6 aromatic rings. The number of rotatable bonds is 4. The van der Waals surface area contributed by atoms with Crippen LogP contribution < -0.4 is 0 Å². The Morgan fingerprint density at radius 3 is 2.20 bits per heavy atom. The molecule has 2 heterocycles. The lowest BCUT2D eigenvalue weighted by Crippen LogP contribution is -2.08. The second-order valence-corrected chi connectivity index (χ2v) is 9.75. The zero-order valence-electron chi connectivity index (χ0n) is 20.3. The topological polar surface area (TPSA) is 31.0 Å². The van der Waals surface area contributed by atoms with Gasteiger partial charge in [0.05, 0.1) is 27.7 Å². The number of hydrogen-bond acceptors (Lipinski definition) is 2. The molecular formula is C31H27FN2O. The standard InChI is InChI=1S/C31H27FN2O/c1-18(2)20-10-7-11-21(19(3)4)29(20)34-26-16-6-5-15-25(26)33-31(34)23-13-8-12-22-28-24(32)14-9-17-27(28)35-30(22)23/h5-19H,1-4H3. The van der Waals surface area contributed by atoms with E-state index in [1.165, 1.54) is 22.9 Å². The van der Waals surface area contributed by atoms with Crippen LogP contribution in [-0.4, -0.2) is 9.55 Å². The summed E-state index contributed by atoms with van der Waals surface area (Å²) in [5.74, 6) is 1.17. The number of para-hydroxylation sites is 4. The van der Waals surface area contributed by atoms with Crippen LogP contribution in [-0.2, 0) is 0 Å². The highest BCUT2D eigenvalue weighted by atomic mass is 19.1. The number of imidazole rings is 1. The van der Waals surface area contributed by atoms with Crippen molar-refractivity contribution in [2.45, 2.75) is 39.5 Å². The average Bonchev–Trinajstić information content (AvgIpc) is 3.42. The van der Waals surface area contributed by atoms with Crippen LogP contribution in [0.5, 0.6) is 0 Å². The maximum absolute atomic E-state index is 14.8. The molecule has 0 bridgehead atoms. The fourth-order valence-electron chi connectivity index (χ4n) is 5.18. The molecule has 4 aromatic carbocycles. The van der Waals surface area contributed by atoms with Gasteiger partial charge >= 0.3 is 0 Å². The van der Waals surface area contributed by atoms with Crippen molar-refractivity contribution in [3.63, 3.8) is 0 Å². The molecule has 0 N–H and O–H groups in total. The number of aromatic nitrogens is 2. The molecule has 2 aromatic heterocycles. The maximum atomic E-state index is 14.8. The molecule has 35 heavy (non-hydrogen) atoms. The van der Waals surface area contributed by atoms with Crippen molar-refractivity contribution in [1.82, 2.24) is 9.55 Å². The Bertz CT molecular complexity index is 1700. The van der Waals surface area contributed by atoms with Gasteiger partial charge in [0.2, 0.25) is 0 Å². The molecule has 0 amide bonds. The smallest absolute Gasteiger partial charge is 0.149 e. The first-order valence-corrected chi connectivity index (χ1v) is 12.2. The van der Waals surface area contributed by atoms with Gasteiger partial charge in [-0.15, -0.1) is 0 Å². The Labute approximate surface area is 203 Å². The monoisotopic (exact) mass is 462 g/mol. The molecule has 3 nitrogen and oxygen atoms in total. The summed E-state index contributed by atoms with van der Waals surface area (Å²) < 4.78 is 23.3. The third-order valence-electron chi connectivity index (χ3n) is 6.84. The second kappa shape index (κ2) is 8.09. The quantitative estimate of drug-likeness (QED) is 0.262. The molecule has 0 aliphatic carbocycles. The van der Waals surface area contributed by atoms with Crippen LogP contribution in [0, 0.1) is 5.82 Å². The van der Waals surface area contributed by atoms with E-state index in [1.807, 2.05) is 36.4 Å². The summed E-state index contributed by atoms with van der Waals surface area (Å²) in [6, 6.07) is 25.7. The molecule has 0 atom stereocenters. The predicted octanol–water partition coefficient (Wildman–Crippen LogP) is 8.98. The molecule has 4 heteroatoms. The van der Waals surface area contributed by atoms with E-state index < -0.39 is 0 Å². The SMILES string of the molecule is CC(C)c1cccc(C(C)C)c1-n1c(-c2cccc3c2oc2cccc(F)c23)nc2ccccc21. The zero-order valence-corrected chi connectivity index (χ0v) is 20.3. The number of nitrogens with zero attached hydrogens (tertiary/aromatic N) is 2. The minimum atomic E-state index is -0.279. The van der Waals surface area contributed by atoms with Crippen LogP contribution in [0.25, 0.3) is 50.0 Å². The average molecular weight is 463 g/mol. The first kappa shape index (κ1) is 21.6. The van der Waals surface area contributed by atoms with Gasteiger partial charge in [-0.3, -0.25) is 4.57 Å². The van der Waals surface area contributed by atoms with Gasteiger partial charge in [-0.05, 0) is 53.3 Å². The lowest BCUT2D eigenvalue weighted by atomic mass is 9.92. The van der Waals surface area contributed by atoms with Crippen molar-refractivity contribution in [3.8, 4) is 17.1 Å². The Balaban J connectivity index is 1.77. The van der Waals surface area contributed by atoms with Gasteiger partial charge in [-0.2, -0.15) is 0 Å². The molecule has 0 unspecified atom stereocenters. The highest BCUT2D eigenvalue weighted by Gasteiger charge is 2.24. The summed E-state index contributed by atoms with van der Waals surface area (Å²) in [6.07, 6.45) is 0. The van der Waals surface area contributed by atoms with Gasteiger partial charge in [-0.1, -0.05) is 76.2 Å². The summed E-state index contributed by atoms with van der Waals surface area (Å²) in [7, 11) is 0. The minimum Gasteiger partial charge on any atom is -0.455 e. The van der Waals surface area contributed by atoms with Crippen molar-refractivity contribution in [2.24, 2.45) is 0 Å². The van der Waals surface area contributed by atoms with E-state index in [-0.39, 0.29) is 5.82 Å². The largest absolute Gasteiger partial charge is 0.455 e. The van der Waals surface area contributed by atoms with Gasteiger partial charge in [0.15, 0.2) is 0 Å². The van der Waals surface area contributed by atoms with E-state index in [0.29, 0.717) is 28.4 Å². The van der Waals surface area contributed by atoms with Crippen LogP contribution in [0.15, 0.2) is 83.3 Å². The molecule has 0 aliphatic rings. The second-order valence-electron chi connectivity index (χ2n) is 9.75. The molecule has 0 radical (unpaired) electrons. The normalized spacial score (nSPS) is 12.1. The Morgan fingerprint density at radius 1 is 0.771 bits per heavy atom. The zero-order chi connectivity index (χ0) is 24.3. The number of benzene rings is 4. The molecule has 0 spiro atoms. The molecule has 0 saturated carbocycles. The molecule has 0 saturated heterocycles. The van der Waals surface area contributed by atoms with Crippen LogP contribution in [0.2, 0.25) is 0 Å². The van der Waals surface area contributed by atoms with Gasteiger partial charge in [0, 0.05) is 5.39 Å². The summed E-state index contributed by atoms with van der Waals surface area (Å²) >= 11 is 0. The predicted molar refractivity (Wildman–Crippen MR) is 142 cm³/mol. The first-order valence-electron chi connectivity index (χ1n) is 12.2. The van der Waals surface area contributed by atoms with Crippen molar-refractivity contribution in [3.05, 3.63) is 95.8 Å². The van der Waals surface area contributed by atoms with Crippen molar-refractivity contribution >= 4 is 33.0 Å². The van der Waals surface area contributed by atoms with Gasteiger partial charge in [-0.25, -0.2) is 9.37 Å². The Kier molecular flexibility index (Phi) is 4.99. The molecule has 0 aliphatic heterocycles. The van der Waals surface area contributed by atoms with Crippen LogP contribution in [0.4, 0.5) is 4.39 Å². The summed E-state index contributed by atoms with van der Waals surface area (Å²) in [5.41, 5.74) is 7.69. The first-order chi connectivity index (χ1) is 17.0. The van der Waals surface area contributed by atoms with Crippen LogP contribution >= 0.6 is 0 Å². The number of furan rings is 1. The highest BCUT2D eigenvalue weighted by Crippen LogP contribution is 2.41. The summed E-state index contributed by atoms with van der Waals surface area (Å²) in [5, 5.41) is 1.27. The Morgan fingerprint density at radius 2 is 1.46 bits per heavy atom. The molecule has 0 fully saturated rings. The van der Waals surface area contributed by atoms with Crippen molar-refractivity contribution < 1.29 is 8.81 Å². The van der Waals surface area contributed by atoms with Crippen LogP contribution in [0.1, 0.15) is 50.7 Å². The van der Waals surface area contributed by atoms with Crippen molar-refractivity contribution in [1.29, 1.82) is 0 Å². The third kappa shape index (κ3) is 3.28. The van der Waals surface area contributed by atoms with Gasteiger partial charge in [0.1, 0.15) is 22.8 Å². The van der Waals surface area contributed by atoms with E-state index in [2.05, 4.69) is 62.6 Å². The highest BCUT2D eigenvalue weighted by molar-refractivity contribution is 6.09. The van der Waals surface area contributed by atoms with E-state index in [1.54, 1.807) is 6.07 Å². The van der Waals surface area contributed by atoms with E-state index >= 15 is 0 Å².